The van der Waals surface area contributed by atoms with Crippen molar-refractivity contribution in [3.05, 3.63) is 59.4 Å². The summed E-state index contributed by atoms with van der Waals surface area (Å²) in [4.78, 5) is 25.7. The number of alkyl halides is 3. The van der Waals surface area contributed by atoms with E-state index >= 15 is 0 Å². The van der Waals surface area contributed by atoms with Crippen LogP contribution in [0, 0.1) is 6.92 Å². The van der Waals surface area contributed by atoms with Crippen LogP contribution in [0.5, 0.6) is 17.4 Å². The molecule has 2 N–H and O–H groups in total. The van der Waals surface area contributed by atoms with Crippen LogP contribution in [0.2, 0.25) is 0 Å². The molecule has 2 aliphatic rings. The number of hydrogen-bond acceptors (Lipinski definition) is 8. The Hall–Kier alpha value is -4.06. The summed E-state index contributed by atoms with van der Waals surface area (Å²) in [5, 5.41) is 5.75. The van der Waals surface area contributed by atoms with E-state index in [0.717, 1.165) is 30.8 Å². The minimum atomic E-state index is -4.56. The molecule has 0 saturated carbocycles. The molecule has 2 aromatic carbocycles. The molecule has 1 aromatic heterocycles. The molecule has 0 spiro atoms. The number of halogens is 3. The second kappa shape index (κ2) is 11.2. The molecule has 5 rings (SSSR count). The van der Waals surface area contributed by atoms with Gasteiger partial charge in [0, 0.05) is 49.2 Å². The normalized spacial score (nSPS) is 15.7. The van der Waals surface area contributed by atoms with Crippen molar-refractivity contribution in [2.75, 3.05) is 54.9 Å². The highest BCUT2D eigenvalue weighted by Crippen LogP contribution is 2.38. The van der Waals surface area contributed by atoms with Crippen LogP contribution in [-0.4, -0.2) is 66.1 Å². The maximum Gasteiger partial charge on any atom is 0.416 e. The summed E-state index contributed by atoms with van der Waals surface area (Å²) in [6, 6.07) is 8.85. The summed E-state index contributed by atoms with van der Waals surface area (Å²) >= 11 is 0. The van der Waals surface area contributed by atoms with Gasteiger partial charge in [-0.25, -0.2) is 4.98 Å². The van der Waals surface area contributed by atoms with Crippen molar-refractivity contribution in [3.63, 3.8) is 0 Å². The Morgan fingerprint density at radius 1 is 1.10 bits per heavy atom. The van der Waals surface area contributed by atoms with Crippen LogP contribution in [0.4, 0.5) is 30.4 Å². The van der Waals surface area contributed by atoms with E-state index in [4.69, 9.17) is 9.47 Å². The van der Waals surface area contributed by atoms with Crippen molar-refractivity contribution in [2.24, 2.45) is 0 Å². The Bertz CT molecular complexity index is 1390. The average molecular weight is 557 g/mol. The molecule has 0 bridgehead atoms. The quantitative estimate of drug-likeness (QED) is 0.429. The number of aromatic nitrogens is 2. The Morgan fingerprint density at radius 3 is 2.60 bits per heavy atom. The van der Waals surface area contributed by atoms with Gasteiger partial charge < -0.3 is 25.0 Å². The maximum atomic E-state index is 13.8. The lowest BCUT2D eigenvalue weighted by Gasteiger charge is -2.38. The molecule has 0 radical (unpaired) electrons. The lowest BCUT2D eigenvalue weighted by atomic mass is 10.1. The number of ether oxygens (including phenoxy) is 2. The van der Waals surface area contributed by atoms with E-state index in [1.165, 1.54) is 12.4 Å². The number of benzene rings is 2. The number of piperazine rings is 1. The lowest BCUT2D eigenvalue weighted by molar-refractivity contribution is -0.137. The molecule has 0 aliphatic carbocycles. The predicted octanol–water partition coefficient (Wildman–Crippen LogP) is 5.18. The first-order valence-electron chi connectivity index (χ1n) is 13.1. The molecule has 0 atom stereocenters. The van der Waals surface area contributed by atoms with E-state index in [0.29, 0.717) is 55.3 Å². The SMILES string of the molecule is Cc1ccc(C(=O)Nc2cc(N3CCN(C(C)C)CC3)cc(C(F)(F)F)c2)cc1Oc1ncnc2c1OCCN2. The number of fused-ring (bicyclic) bond motifs is 1. The first-order valence-corrected chi connectivity index (χ1v) is 13.1. The number of carbonyl (C=O) groups excluding carboxylic acids is 1. The van der Waals surface area contributed by atoms with Gasteiger partial charge >= 0.3 is 6.18 Å². The van der Waals surface area contributed by atoms with Crippen molar-refractivity contribution in [1.29, 1.82) is 0 Å². The third-order valence-corrected chi connectivity index (χ3v) is 6.98. The van der Waals surface area contributed by atoms with Gasteiger partial charge in [-0.3, -0.25) is 9.69 Å². The fraction of sp³-hybridized carbons (Fsp3) is 0.393. The van der Waals surface area contributed by atoms with Gasteiger partial charge in [0.1, 0.15) is 18.7 Å². The van der Waals surface area contributed by atoms with Crippen molar-refractivity contribution in [2.45, 2.75) is 33.0 Å². The van der Waals surface area contributed by atoms with Crippen molar-refractivity contribution in [1.82, 2.24) is 14.9 Å². The summed E-state index contributed by atoms with van der Waals surface area (Å²) in [6.45, 7) is 9.71. The Morgan fingerprint density at radius 2 is 1.88 bits per heavy atom. The number of rotatable bonds is 6. The van der Waals surface area contributed by atoms with Crippen molar-refractivity contribution < 1.29 is 27.4 Å². The van der Waals surface area contributed by atoms with E-state index in [1.54, 1.807) is 18.2 Å². The predicted molar refractivity (Wildman–Crippen MR) is 146 cm³/mol. The van der Waals surface area contributed by atoms with Crippen molar-refractivity contribution >= 4 is 23.1 Å². The molecule has 3 aromatic rings. The van der Waals surface area contributed by atoms with Crippen LogP contribution in [0.25, 0.3) is 0 Å². The molecular formula is C28H31F3N6O3. The zero-order chi connectivity index (χ0) is 28.4. The Kier molecular flexibility index (Phi) is 7.70. The highest BCUT2D eigenvalue weighted by molar-refractivity contribution is 6.04. The van der Waals surface area contributed by atoms with Crippen LogP contribution < -0.4 is 25.0 Å². The average Bonchev–Trinajstić information content (AvgIpc) is 2.93. The third-order valence-electron chi connectivity index (χ3n) is 6.98. The smallest absolute Gasteiger partial charge is 0.416 e. The topological polar surface area (TPSA) is 91.9 Å². The highest BCUT2D eigenvalue weighted by Gasteiger charge is 2.32. The molecule has 1 saturated heterocycles. The number of amides is 1. The van der Waals surface area contributed by atoms with Gasteiger partial charge in [0.2, 0.25) is 5.75 Å². The van der Waals surface area contributed by atoms with E-state index in [9.17, 15) is 18.0 Å². The van der Waals surface area contributed by atoms with E-state index in [-0.39, 0.29) is 17.1 Å². The first-order chi connectivity index (χ1) is 19.1. The number of hydrogen-bond donors (Lipinski definition) is 2. The minimum absolute atomic E-state index is 0.0634. The fourth-order valence-corrected chi connectivity index (χ4v) is 4.69. The van der Waals surface area contributed by atoms with Crippen molar-refractivity contribution in [3.8, 4) is 17.4 Å². The molecule has 40 heavy (non-hydrogen) atoms. The second-order valence-electron chi connectivity index (χ2n) is 10.1. The summed E-state index contributed by atoms with van der Waals surface area (Å²) in [5.41, 5.74) is 0.612. The minimum Gasteiger partial charge on any atom is -0.483 e. The third kappa shape index (κ3) is 6.06. The largest absolute Gasteiger partial charge is 0.483 e. The molecule has 12 heteroatoms. The maximum absolute atomic E-state index is 13.8. The van der Waals surface area contributed by atoms with E-state index < -0.39 is 17.6 Å². The highest BCUT2D eigenvalue weighted by atomic mass is 19.4. The van der Waals surface area contributed by atoms with Gasteiger partial charge in [0.15, 0.2) is 5.82 Å². The Balaban J connectivity index is 1.37. The summed E-state index contributed by atoms with van der Waals surface area (Å²) in [6.07, 6.45) is -3.22. The van der Waals surface area contributed by atoms with Crippen LogP contribution >= 0.6 is 0 Å². The van der Waals surface area contributed by atoms with Gasteiger partial charge in [-0.05, 0) is 56.7 Å². The first kappa shape index (κ1) is 27.5. The summed E-state index contributed by atoms with van der Waals surface area (Å²) < 4.78 is 53.0. The molecule has 2 aliphatic heterocycles. The van der Waals surface area contributed by atoms with Crippen LogP contribution in [0.1, 0.15) is 35.3 Å². The van der Waals surface area contributed by atoms with Gasteiger partial charge in [-0.15, -0.1) is 0 Å². The summed E-state index contributed by atoms with van der Waals surface area (Å²) in [7, 11) is 0. The Labute approximate surface area is 230 Å². The van der Waals surface area contributed by atoms with Gasteiger partial charge in [-0.1, -0.05) is 6.07 Å². The summed E-state index contributed by atoms with van der Waals surface area (Å²) in [5.74, 6) is 0.860. The molecule has 3 heterocycles. The second-order valence-corrected chi connectivity index (χ2v) is 10.1. The number of nitrogens with one attached hydrogen (secondary N) is 2. The van der Waals surface area contributed by atoms with Crippen LogP contribution in [0.15, 0.2) is 42.7 Å². The zero-order valence-electron chi connectivity index (χ0n) is 22.5. The molecule has 0 unspecified atom stereocenters. The van der Waals surface area contributed by atoms with Gasteiger partial charge in [0.05, 0.1) is 12.1 Å². The molecule has 1 amide bonds. The van der Waals surface area contributed by atoms with Gasteiger partial charge in [0.25, 0.3) is 11.8 Å². The van der Waals surface area contributed by atoms with Crippen LogP contribution in [0.3, 0.4) is 0 Å². The fourth-order valence-electron chi connectivity index (χ4n) is 4.69. The van der Waals surface area contributed by atoms with Gasteiger partial charge in [-0.2, -0.15) is 18.2 Å². The van der Waals surface area contributed by atoms with Crippen LogP contribution in [-0.2, 0) is 6.18 Å². The number of nitrogens with zero attached hydrogens (tertiary/aromatic N) is 4. The van der Waals surface area contributed by atoms with E-state index in [2.05, 4.69) is 39.3 Å². The standard InChI is InChI=1S/C28H31F3N6O3/c1-17(2)36-7-9-37(10-8-36)22-14-20(28(29,30)31)13-21(15-22)35-26(38)19-5-4-18(3)23(12-19)40-27-24-25(33-16-34-27)32-6-11-39-24/h4-5,12-17H,6-11H2,1-3H3,(H,35,38)(H,32,33,34). The molecular weight excluding hydrogens is 525 g/mol. The monoisotopic (exact) mass is 556 g/mol. The zero-order valence-corrected chi connectivity index (χ0v) is 22.5. The molecule has 212 valence electrons. The number of carbonyl (C=O) groups is 1. The molecule has 9 nitrogen and oxygen atoms in total. The molecule has 1 fully saturated rings. The number of aryl methyl sites for hydroxylation is 1. The lowest BCUT2D eigenvalue weighted by Crippen LogP contribution is -2.49. The number of anilines is 3. The van der Waals surface area contributed by atoms with E-state index in [1.807, 2.05) is 11.8 Å².